The van der Waals surface area contributed by atoms with Crippen LogP contribution >= 0.6 is 0 Å². The number of alkyl halides is 3. The first-order chi connectivity index (χ1) is 10.2. The van der Waals surface area contributed by atoms with E-state index in [0.717, 1.165) is 25.9 Å². The van der Waals surface area contributed by atoms with Crippen LogP contribution in [0.2, 0.25) is 0 Å². The molecule has 8 heteroatoms. The Morgan fingerprint density at radius 1 is 1.09 bits per heavy atom. The largest absolute Gasteiger partial charge is 0.394 e. The minimum Gasteiger partial charge on any atom is -0.316 e. The van der Waals surface area contributed by atoms with Crippen molar-refractivity contribution in [3.05, 3.63) is 0 Å². The maximum Gasteiger partial charge on any atom is 0.394 e. The van der Waals surface area contributed by atoms with Crippen molar-refractivity contribution in [2.45, 2.75) is 43.5 Å². The number of nitrogens with one attached hydrogen (secondary N) is 1. The standard InChI is InChI=1S/C14H21F3N2O2S/c15-14(16,17)13-2-1-10(13)11(7-13)22(20,21)19-5-3-12(4-6-19)8-18-9-12/h10-11,18H,1-9H2. The molecule has 4 fully saturated rings. The van der Waals surface area contributed by atoms with Gasteiger partial charge in [-0.1, -0.05) is 0 Å². The van der Waals surface area contributed by atoms with Crippen molar-refractivity contribution < 1.29 is 21.6 Å². The summed E-state index contributed by atoms with van der Waals surface area (Å²) in [7, 11) is -3.58. The summed E-state index contributed by atoms with van der Waals surface area (Å²) >= 11 is 0. The minimum absolute atomic E-state index is 0.0992. The van der Waals surface area contributed by atoms with E-state index in [0.29, 0.717) is 19.5 Å². The molecule has 1 spiro atoms. The van der Waals surface area contributed by atoms with Crippen molar-refractivity contribution in [3.8, 4) is 0 Å². The number of piperidine rings is 1. The fraction of sp³-hybridized carbons (Fsp3) is 1.00. The predicted octanol–water partition coefficient (Wildman–Crippen LogP) is 1.73. The molecule has 0 aromatic heterocycles. The Kier molecular flexibility index (Phi) is 3.03. The topological polar surface area (TPSA) is 49.4 Å². The van der Waals surface area contributed by atoms with E-state index in [1.54, 1.807) is 0 Å². The second kappa shape index (κ2) is 4.39. The lowest BCUT2D eigenvalue weighted by molar-refractivity contribution is -0.309. The Bertz CT molecular complexity index is 577. The van der Waals surface area contributed by atoms with Crippen LogP contribution in [0.4, 0.5) is 13.2 Å². The number of fused-ring (bicyclic) bond motifs is 1. The molecule has 0 bridgehead atoms. The number of rotatable bonds is 2. The van der Waals surface area contributed by atoms with Crippen LogP contribution in [-0.2, 0) is 10.0 Å². The van der Waals surface area contributed by atoms with Gasteiger partial charge in [-0.25, -0.2) is 12.7 Å². The number of hydrogen-bond acceptors (Lipinski definition) is 3. The van der Waals surface area contributed by atoms with Gasteiger partial charge in [0.2, 0.25) is 10.0 Å². The van der Waals surface area contributed by atoms with Gasteiger partial charge in [0.15, 0.2) is 0 Å². The highest BCUT2D eigenvalue weighted by Gasteiger charge is 2.75. The van der Waals surface area contributed by atoms with Gasteiger partial charge in [0.05, 0.1) is 10.7 Å². The third kappa shape index (κ3) is 1.80. The second-order valence-electron chi connectivity index (χ2n) is 7.59. The van der Waals surface area contributed by atoms with Gasteiger partial charge in [-0.3, -0.25) is 0 Å². The summed E-state index contributed by atoms with van der Waals surface area (Å²) in [5, 5.41) is 2.41. The Balaban J connectivity index is 1.45. The van der Waals surface area contributed by atoms with Crippen LogP contribution in [-0.4, -0.2) is 50.3 Å². The van der Waals surface area contributed by atoms with E-state index in [2.05, 4.69) is 5.32 Å². The van der Waals surface area contributed by atoms with E-state index in [9.17, 15) is 21.6 Å². The third-order valence-electron chi connectivity index (χ3n) is 6.72. The lowest BCUT2D eigenvalue weighted by atomic mass is 9.47. The summed E-state index contributed by atoms with van der Waals surface area (Å²) in [5.74, 6) is -0.709. The lowest BCUT2D eigenvalue weighted by Crippen LogP contribution is -2.69. The molecule has 3 atom stereocenters. The van der Waals surface area contributed by atoms with E-state index in [1.807, 2.05) is 0 Å². The zero-order valence-electron chi connectivity index (χ0n) is 12.3. The molecule has 0 aromatic rings. The van der Waals surface area contributed by atoms with Crippen LogP contribution in [0.5, 0.6) is 0 Å². The predicted molar refractivity (Wildman–Crippen MR) is 74.6 cm³/mol. The van der Waals surface area contributed by atoms with Crippen molar-refractivity contribution in [2.75, 3.05) is 26.2 Å². The van der Waals surface area contributed by atoms with Gasteiger partial charge in [-0.05, 0) is 43.4 Å². The average molecular weight is 338 g/mol. The van der Waals surface area contributed by atoms with E-state index in [-0.39, 0.29) is 18.3 Å². The molecule has 0 amide bonds. The number of nitrogens with zero attached hydrogens (tertiary/aromatic N) is 1. The van der Waals surface area contributed by atoms with Gasteiger partial charge in [0.1, 0.15) is 0 Å². The van der Waals surface area contributed by atoms with Gasteiger partial charge in [0, 0.05) is 26.2 Å². The van der Waals surface area contributed by atoms with Crippen molar-refractivity contribution in [1.82, 2.24) is 9.62 Å². The zero-order valence-corrected chi connectivity index (χ0v) is 13.1. The molecular weight excluding hydrogens is 317 g/mol. The highest BCUT2D eigenvalue weighted by molar-refractivity contribution is 7.89. The van der Waals surface area contributed by atoms with E-state index in [1.165, 1.54) is 4.31 Å². The number of halogens is 3. The summed E-state index contributed by atoms with van der Waals surface area (Å²) in [4.78, 5) is 0. The fourth-order valence-corrected chi connectivity index (χ4v) is 7.21. The highest BCUT2D eigenvalue weighted by Crippen LogP contribution is 2.70. The maximum absolute atomic E-state index is 13.1. The quantitative estimate of drug-likeness (QED) is 0.834. The van der Waals surface area contributed by atoms with Crippen LogP contribution in [0.25, 0.3) is 0 Å². The first-order valence-electron chi connectivity index (χ1n) is 7.97. The van der Waals surface area contributed by atoms with Crippen LogP contribution in [0.3, 0.4) is 0 Å². The van der Waals surface area contributed by atoms with Gasteiger partial charge in [-0.2, -0.15) is 13.2 Å². The molecule has 22 heavy (non-hydrogen) atoms. The van der Waals surface area contributed by atoms with Crippen molar-refractivity contribution >= 4 is 10.0 Å². The molecular formula is C14H21F3N2O2S. The smallest absolute Gasteiger partial charge is 0.316 e. The third-order valence-corrected chi connectivity index (χ3v) is 9.06. The Morgan fingerprint density at radius 3 is 2.09 bits per heavy atom. The Hall–Kier alpha value is -0.340. The van der Waals surface area contributed by atoms with Gasteiger partial charge in [0.25, 0.3) is 0 Å². The lowest BCUT2D eigenvalue weighted by Gasteiger charge is -2.63. The van der Waals surface area contributed by atoms with Crippen LogP contribution in [0.1, 0.15) is 32.1 Å². The molecule has 0 aromatic carbocycles. The van der Waals surface area contributed by atoms with E-state index >= 15 is 0 Å². The van der Waals surface area contributed by atoms with Gasteiger partial charge >= 0.3 is 6.18 Å². The van der Waals surface area contributed by atoms with Crippen molar-refractivity contribution in [3.63, 3.8) is 0 Å². The molecule has 2 aliphatic heterocycles. The molecule has 3 unspecified atom stereocenters. The number of hydrogen-bond donors (Lipinski definition) is 1. The SMILES string of the molecule is O=S(=O)(C1CC2(C(F)(F)F)CCC12)N1CCC2(CC1)CNC2. The maximum atomic E-state index is 13.1. The molecule has 2 aliphatic carbocycles. The average Bonchev–Trinajstić information content (AvgIpc) is 2.38. The van der Waals surface area contributed by atoms with Gasteiger partial charge < -0.3 is 5.32 Å². The molecule has 4 rings (SSSR count). The zero-order chi connectivity index (χ0) is 15.8. The fourth-order valence-electron chi connectivity index (χ4n) is 4.81. The highest BCUT2D eigenvalue weighted by atomic mass is 32.2. The first kappa shape index (κ1) is 15.2. The molecule has 4 nitrogen and oxygen atoms in total. The molecule has 2 heterocycles. The summed E-state index contributed by atoms with van der Waals surface area (Å²) in [5.41, 5.74) is -1.46. The van der Waals surface area contributed by atoms with E-state index in [4.69, 9.17) is 0 Å². The molecule has 4 aliphatic rings. The normalized spacial score (nSPS) is 41.2. The first-order valence-corrected chi connectivity index (χ1v) is 9.47. The van der Waals surface area contributed by atoms with Crippen LogP contribution < -0.4 is 5.32 Å². The summed E-state index contributed by atoms with van der Waals surface area (Å²) < 4.78 is 66.2. The molecule has 0 radical (unpaired) electrons. The summed E-state index contributed by atoms with van der Waals surface area (Å²) in [6.07, 6.45) is -2.35. The Morgan fingerprint density at radius 2 is 1.73 bits per heavy atom. The Labute approximate surface area is 128 Å². The summed E-state index contributed by atoms with van der Waals surface area (Å²) in [6, 6.07) is 0. The van der Waals surface area contributed by atoms with Crippen molar-refractivity contribution in [2.24, 2.45) is 16.7 Å². The second-order valence-corrected chi connectivity index (χ2v) is 9.74. The monoisotopic (exact) mass is 338 g/mol. The minimum atomic E-state index is -4.26. The molecule has 2 saturated heterocycles. The van der Waals surface area contributed by atoms with Gasteiger partial charge in [-0.15, -0.1) is 0 Å². The van der Waals surface area contributed by atoms with E-state index < -0.39 is 32.8 Å². The molecule has 2 saturated carbocycles. The van der Waals surface area contributed by atoms with Crippen LogP contribution in [0, 0.1) is 16.7 Å². The molecule has 126 valence electrons. The molecule has 1 N–H and O–H groups in total. The number of sulfonamides is 1. The van der Waals surface area contributed by atoms with Crippen molar-refractivity contribution in [1.29, 1.82) is 0 Å². The summed E-state index contributed by atoms with van der Waals surface area (Å²) in [6.45, 7) is 2.80. The van der Waals surface area contributed by atoms with Crippen LogP contribution in [0.15, 0.2) is 0 Å².